The maximum atomic E-state index is 13.7. The first-order valence-corrected chi connectivity index (χ1v) is 8.85. The highest BCUT2D eigenvalue weighted by molar-refractivity contribution is 5.51. The van der Waals surface area contributed by atoms with Gasteiger partial charge in [0.05, 0.1) is 25.6 Å². The molecule has 0 N–H and O–H groups in total. The van der Waals surface area contributed by atoms with Crippen molar-refractivity contribution in [3.05, 3.63) is 48.0 Å². The van der Waals surface area contributed by atoms with E-state index < -0.39 is 17.9 Å². The molecule has 0 bridgehead atoms. The number of alkyl halides is 3. The predicted molar refractivity (Wildman–Crippen MR) is 93.6 cm³/mol. The Hall–Kier alpha value is -3.37. The number of methoxy groups -OCH3 is 1. The van der Waals surface area contributed by atoms with E-state index in [4.69, 9.17) is 14.0 Å². The highest BCUT2D eigenvalue weighted by Gasteiger charge is 2.35. The van der Waals surface area contributed by atoms with Crippen LogP contribution >= 0.6 is 0 Å². The molecule has 1 fully saturated rings. The Bertz CT molecular complexity index is 1020. The number of halogens is 4. The zero-order chi connectivity index (χ0) is 21.3. The lowest BCUT2D eigenvalue weighted by Gasteiger charge is -2.35. The molecule has 1 aliphatic rings. The zero-order valence-corrected chi connectivity index (χ0v) is 15.5. The molecule has 1 aliphatic carbocycles. The summed E-state index contributed by atoms with van der Waals surface area (Å²) >= 11 is 0. The fraction of sp³-hybridized carbons (Fsp3) is 0.316. The summed E-state index contributed by atoms with van der Waals surface area (Å²) in [5, 5.41) is 3.68. The quantitative estimate of drug-likeness (QED) is 0.538. The highest BCUT2D eigenvalue weighted by atomic mass is 19.4. The van der Waals surface area contributed by atoms with Crippen molar-refractivity contribution in [2.45, 2.75) is 31.2 Å². The fourth-order valence-electron chi connectivity index (χ4n) is 3.10. The van der Waals surface area contributed by atoms with Gasteiger partial charge < -0.3 is 18.7 Å². The lowest BCUT2D eigenvalue weighted by molar-refractivity contribution is -0.274. The van der Waals surface area contributed by atoms with Crippen molar-refractivity contribution in [3.63, 3.8) is 0 Å². The van der Waals surface area contributed by atoms with Gasteiger partial charge in [-0.3, -0.25) is 0 Å². The van der Waals surface area contributed by atoms with E-state index in [1.807, 2.05) is 0 Å². The van der Waals surface area contributed by atoms with Crippen LogP contribution < -0.4 is 14.2 Å². The van der Waals surface area contributed by atoms with Crippen molar-refractivity contribution in [1.82, 2.24) is 15.1 Å². The molecule has 1 saturated carbocycles. The molecule has 0 atom stereocenters. The second-order valence-corrected chi connectivity index (χ2v) is 6.65. The van der Waals surface area contributed by atoms with E-state index in [9.17, 15) is 17.6 Å². The average molecular weight is 425 g/mol. The SMILES string of the molecule is COc1cc(-c2cnc(OC3CC(c4cc(F)cc(OC(F)(F)F)c4)C3)cn2)on1. The molecule has 0 spiro atoms. The van der Waals surface area contributed by atoms with Gasteiger partial charge in [-0.25, -0.2) is 14.4 Å². The second kappa shape index (κ2) is 7.81. The largest absolute Gasteiger partial charge is 0.573 e. The third-order valence-electron chi connectivity index (χ3n) is 4.56. The molecule has 7 nitrogen and oxygen atoms in total. The maximum Gasteiger partial charge on any atom is 0.573 e. The Balaban J connectivity index is 1.35. The van der Waals surface area contributed by atoms with Crippen molar-refractivity contribution in [2.24, 2.45) is 0 Å². The Labute approximate surface area is 167 Å². The minimum atomic E-state index is -4.88. The van der Waals surface area contributed by atoms with Gasteiger partial charge in [0, 0.05) is 6.07 Å². The molecule has 0 unspecified atom stereocenters. The van der Waals surface area contributed by atoms with Crippen LogP contribution in [0.2, 0.25) is 0 Å². The Morgan fingerprint density at radius 1 is 1.03 bits per heavy atom. The van der Waals surface area contributed by atoms with Crippen LogP contribution in [0.1, 0.15) is 24.3 Å². The normalized spacial score (nSPS) is 18.6. The number of nitrogens with zero attached hydrogens (tertiary/aromatic N) is 3. The molecule has 2 heterocycles. The Morgan fingerprint density at radius 3 is 2.47 bits per heavy atom. The van der Waals surface area contributed by atoms with Gasteiger partial charge in [0.25, 0.3) is 5.88 Å². The van der Waals surface area contributed by atoms with Gasteiger partial charge >= 0.3 is 6.36 Å². The molecule has 0 amide bonds. The highest BCUT2D eigenvalue weighted by Crippen LogP contribution is 2.40. The zero-order valence-electron chi connectivity index (χ0n) is 15.5. The minimum Gasteiger partial charge on any atom is -0.479 e. The van der Waals surface area contributed by atoms with Crippen LogP contribution in [0.3, 0.4) is 0 Å². The van der Waals surface area contributed by atoms with E-state index in [1.54, 1.807) is 6.07 Å². The van der Waals surface area contributed by atoms with Crippen molar-refractivity contribution < 1.29 is 36.3 Å². The average Bonchev–Trinajstić information content (AvgIpc) is 3.12. The summed E-state index contributed by atoms with van der Waals surface area (Å²) in [6.45, 7) is 0. The number of benzene rings is 1. The van der Waals surface area contributed by atoms with Crippen LogP contribution in [0, 0.1) is 5.82 Å². The van der Waals surface area contributed by atoms with Crippen LogP contribution in [-0.4, -0.2) is 34.7 Å². The number of ether oxygens (including phenoxy) is 3. The molecule has 0 aliphatic heterocycles. The van der Waals surface area contributed by atoms with Crippen molar-refractivity contribution in [2.75, 3.05) is 7.11 Å². The van der Waals surface area contributed by atoms with Gasteiger partial charge in [0.1, 0.15) is 23.4 Å². The first-order valence-electron chi connectivity index (χ1n) is 8.85. The maximum absolute atomic E-state index is 13.7. The van der Waals surface area contributed by atoms with Crippen LogP contribution in [0.15, 0.2) is 41.2 Å². The fourth-order valence-corrected chi connectivity index (χ4v) is 3.10. The molecule has 3 aromatic rings. The summed E-state index contributed by atoms with van der Waals surface area (Å²) in [6, 6.07) is 4.66. The molecule has 11 heteroatoms. The number of rotatable bonds is 6. The molecule has 0 radical (unpaired) electrons. The monoisotopic (exact) mass is 425 g/mol. The standard InChI is InChI=1S/C19H15F4N3O4/c1-27-17-7-16(30-26-17)15-8-25-18(9-24-15)28-13-3-11(4-13)10-2-12(20)6-14(5-10)29-19(21,22)23/h2,5-9,11,13H,3-4H2,1H3. The summed E-state index contributed by atoms with van der Waals surface area (Å²) in [5.41, 5.74) is 0.872. The van der Waals surface area contributed by atoms with Gasteiger partial charge in [-0.05, 0) is 41.6 Å². The smallest absolute Gasteiger partial charge is 0.479 e. The van der Waals surface area contributed by atoms with Crippen LogP contribution in [0.4, 0.5) is 17.6 Å². The van der Waals surface area contributed by atoms with E-state index in [0.29, 0.717) is 41.8 Å². The second-order valence-electron chi connectivity index (χ2n) is 6.65. The van der Waals surface area contributed by atoms with Gasteiger partial charge in [-0.15, -0.1) is 13.2 Å². The molecule has 0 saturated heterocycles. The van der Waals surface area contributed by atoms with Gasteiger partial charge in [-0.1, -0.05) is 0 Å². The van der Waals surface area contributed by atoms with Gasteiger partial charge in [0.15, 0.2) is 5.76 Å². The minimum absolute atomic E-state index is 0.143. The third kappa shape index (κ3) is 4.61. The molecular formula is C19H15F4N3O4. The number of aromatic nitrogens is 3. The summed E-state index contributed by atoms with van der Waals surface area (Å²) in [7, 11) is 1.46. The van der Waals surface area contributed by atoms with Crippen LogP contribution in [0.25, 0.3) is 11.5 Å². The number of hydrogen-bond acceptors (Lipinski definition) is 7. The molecule has 1 aromatic carbocycles. The van der Waals surface area contributed by atoms with Crippen LogP contribution in [-0.2, 0) is 0 Å². The summed E-state index contributed by atoms with van der Waals surface area (Å²) in [6.07, 6.45) is -1.21. The summed E-state index contributed by atoms with van der Waals surface area (Å²) in [5.74, 6) is -0.524. The molecule has 2 aromatic heterocycles. The molecule has 30 heavy (non-hydrogen) atoms. The lowest BCUT2D eigenvalue weighted by Crippen LogP contribution is -2.32. The number of hydrogen-bond donors (Lipinski definition) is 0. The first-order chi connectivity index (χ1) is 14.3. The molecular weight excluding hydrogens is 410 g/mol. The van der Waals surface area contributed by atoms with Crippen molar-refractivity contribution in [3.8, 4) is 29.0 Å². The first kappa shape index (κ1) is 19.9. The van der Waals surface area contributed by atoms with Crippen molar-refractivity contribution >= 4 is 0 Å². The Kier molecular flexibility index (Phi) is 5.18. The van der Waals surface area contributed by atoms with Crippen molar-refractivity contribution in [1.29, 1.82) is 0 Å². The van der Waals surface area contributed by atoms with E-state index >= 15 is 0 Å². The summed E-state index contributed by atoms with van der Waals surface area (Å²) < 4.78 is 70.3. The van der Waals surface area contributed by atoms with Gasteiger partial charge in [0.2, 0.25) is 5.88 Å². The van der Waals surface area contributed by atoms with Gasteiger partial charge in [-0.2, -0.15) is 0 Å². The van der Waals surface area contributed by atoms with E-state index in [0.717, 1.165) is 0 Å². The van der Waals surface area contributed by atoms with E-state index in [2.05, 4.69) is 19.9 Å². The summed E-state index contributed by atoms with van der Waals surface area (Å²) in [4.78, 5) is 8.35. The van der Waals surface area contributed by atoms with E-state index in [-0.39, 0.29) is 17.9 Å². The third-order valence-corrected chi connectivity index (χ3v) is 4.56. The van der Waals surface area contributed by atoms with Crippen LogP contribution in [0.5, 0.6) is 17.5 Å². The van der Waals surface area contributed by atoms with E-state index in [1.165, 1.54) is 31.6 Å². The Morgan fingerprint density at radius 2 is 1.83 bits per heavy atom. The predicted octanol–water partition coefficient (Wildman–Crippen LogP) is 4.50. The molecule has 4 rings (SSSR count). The topological polar surface area (TPSA) is 79.5 Å². The lowest BCUT2D eigenvalue weighted by atomic mass is 9.77. The molecule has 158 valence electrons.